The molecule has 0 unspecified atom stereocenters. The second-order valence-corrected chi connectivity index (χ2v) is 12.1. The molecule has 12 heteroatoms. The number of amides is 2. The molecule has 1 fully saturated rings. The van der Waals surface area contributed by atoms with E-state index in [0.717, 1.165) is 28.4 Å². The van der Waals surface area contributed by atoms with Crippen molar-refractivity contribution in [3.05, 3.63) is 87.7 Å². The van der Waals surface area contributed by atoms with Crippen LogP contribution < -0.4 is 10.1 Å². The van der Waals surface area contributed by atoms with Crippen LogP contribution >= 0.6 is 22.7 Å². The molecule has 7 rings (SSSR count). The van der Waals surface area contributed by atoms with Crippen molar-refractivity contribution < 1.29 is 18.7 Å². The van der Waals surface area contributed by atoms with E-state index in [2.05, 4.69) is 20.4 Å². The zero-order chi connectivity index (χ0) is 28.6. The number of carbonyl (C=O) groups excluding carboxylic acids is 2. The Bertz CT molecular complexity index is 1850. The summed E-state index contributed by atoms with van der Waals surface area (Å²) in [6.07, 6.45) is 3.44. The van der Waals surface area contributed by atoms with Crippen molar-refractivity contribution in [2.24, 2.45) is 0 Å². The molecule has 42 heavy (non-hydrogen) atoms. The highest BCUT2D eigenvalue weighted by atomic mass is 32.1. The number of hydrogen-bond acceptors (Lipinski definition) is 9. The van der Waals surface area contributed by atoms with Crippen LogP contribution in [0.15, 0.2) is 76.7 Å². The quantitative estimate of drug-likeness (QED) is 0.246. The second kappa shape index (κ2) is 11.0. The number of oxazole rings is 1. The highest BCUT2D eigenvalue weighted by Gasteiger charge is 2.35. The highest BCUT2D eigenvalue weighted by molar-refractivity contribution is 7.16. The average Bonchev–Trinajstić information content (AvgIpc) is 3.82. The minimum atomic E-state index is -0.800. The Morgan fingerprint density at radius 3 is 2.81 bits per heavy atom. The van der Waals surface area contributed by atoms with Gasteiger partial charge in [0.2, 0.25) is 16.8 Å². The van der Waals surface area contributed by atoms with Crippen molar-refractivity contribution in [2.75, 3.05) is 13.2 Å². The molecule has 2 aromatic carbocycles. The lowest BCUT2D eigenvalue weighted by atomic mass is 10.0. The van der Waals surface area contributed by atoms with Gasteiger partial charge in [-0.15, -0.1) is 11.3 Å². The van der Waals surface area contributed by atoms with Crippen LogP contribution in [-0.2, 0) is 4.79 Å². The number of aromatic nitrogens is 4. The molecule has 0 radical (unpaired) electrons. The van der Waals surface area contributed by atoms with Crippen LogP contribution in [0.3, 0.4) is 0 Å². The largest absolute Gasteiger partial charge is 0.489 e. The van der Waals surface area contributed by atoms with E-state index in [9.17, 15) is 9.59 Å². The second-order valence-electron chi connectivity index (χ2n) is 10.0. The van der Waals surface area contributed by atoms with E-state index in [-0.39, 0.29) is 24.5 Å². The van der Waals surface area contributed by atoms with E-state index in [4.69, 9.17) is 9.15 Å². The third-order valence-electron chi connectivity index (χ3n) is 7.24. The van der Waals surface area contributed by atoms with Crippen LogP contribution in [0.4, 0.5) is 0 Å². The van der Waals surface area contributed by atoms with Gasteiger partial charge < -0.3 is 19.4 Å². The van der Waals surface area contributed by atoms with Gasteiger partial charge in [0.25, 0.3) is 5.91 Å². The molecule has 0 spiro atoms. The van der Waals surface area contributed by atoms with Crippen LogP contribution in [0.1, 0.15) is 39.1 Å². The Balaban J connectivity index is 1.10. The van der Waals surface area contributed by atoms with Crippen molar-refractivity contribution >= 4 is 50.5 Å². The first-order valence-corrected chi connectivity index (χ1v) is 15.3. The molecule has 1 aliphatic rings. The van der Waals surface area contributed by atoms with Crippen molar-refractivity contribution in [3.8, 4) is 17.3 Å². The van der Waals surface area contributed by atoms with Crippen LogP contribution in [0.5, 0.6) is 5.75 Å². The van der Waals surface area contributed by atoms with Gasteiger partial charge in [-0.05, 0) is 48.9 Å². The number of fused-ring (bicyclic) bond motifs is 2. The lowest BCUT2D eigenvalue weighted by Crippen LogP contribution is -2.46. The van der Waals surface area contributed by atoms with E-state index in [0.29, 0.717) is 39.9 Å². The smallest absolute Gasteiger partial charge is 0.262 e. The van der Waals surface area contributed by atoms with Gasteiger partial charge >= 0.3 is 0 Å². The maximum absolute atomic E-state index is 13.9. The Morgan fingerprint density at radius 1 is 1.12 bits per heavy atom. The van der Waals surface area contributed by atoms with E-state index in [1.165, 1.54) is 22.7 Å². The Morgan fingerprint density at radius 2 is 2.00 bits per heavy atom. The van der Waals surface area contributed by atoms with E-state index in [1.807, 2.05) is 71.8 Å². The number of likely N-dealkylation sites (tertiary alicyclic amines) is 1. The molecule has 1 N–H and O–H groups in total. The highest BCUT2D eigenvalue weighted by Crippen LogP contribution is 2.32. The number of para-hydroxylation sites is 1. The zero-order valence-corrected chi connectivity index (χ0v) is 24.2. The van der Waals surface area contributed by atoms with Crippen LogP contribution in [0.25, 0.3) is 27.6 Å². The molecule has 0 saturated carbocycles. The fraction of sp³-hybridized carbons (Fsp3) is 0.233. The molecule has 0 aliphatic carbocycles. The number of imidazole rings is 1. The average molecular weight is 599 g/mol. The minimum Gasteiger partial charge on any atom is -0.489 e. The summed E-state index contributed by atoms with van der Waals surface area (Å²) in [5.41, 5.74) is 2.51. The molecular formula is C30H26N6O4S2. The number of rotatable bonds is 8. The molecule has 10 nitrogen and oxygen atoms in total. The maximum atomic E-state index is 13.9. The number of thiophene rings is 1. The summed E-state index contributed by atoms with van der Waals surface area (Å²) in [6.45, 7) is 2.81. The molecule has 1 saturated heterocycles. The molecule has 5 heterocycles. The molecule has 212 valence electrons. The Kier molecular flexibility index (Phi) is 6.92. The van der Waals surface area contributed by atoms with Gasteiger partial charge in [-0.2, -0.15) is 5.10 Å². The number of ether oxygens (including phenoxy) is 1. The number of nitrogens with zero attached hydrogens (tertiary/aromatic N) is 5. The van der Waals surface area contributed by atoms with Crippen molar-refractivity contribution in [2.45, 2.75) is 31.8 Å². The van der Waals surface area contributed by atoms with Gasteiger partial charge in [0.05, 0.1) is 17.1 Å². The molecule has 4 aromatic heterocycles. The third-order valence-corrected chi connectivity index (χ3v) is 8.94. The Hall–Kier alpha value is -4.55. The van der Waals surface area contributed by atoms with Crippen LogP contribution in [0, 0.1) is 6.92 Å². The number of nitrogens with one attached hydrogen (secondary N) is 1. The lowest BCUT2D eigenvalue weighted by Gasteiger charge is -2.29. The van der Waals surface area contributed by atoms with Crippen LogP contribution in [0.2, 0.25) is 0 Å². The van der Waals surface area contributed by atoms with Gasteiger partial charge in [-0.1, -0.05) is 53.8 Å². The first-order valence-electron chi connectivity index (χ1n) is 13.6. The van der Waals surface area contributed by atoms with Crippen molar-refractivity contribution in [1.29, 1.82) is 0 Å². The summed E-state index contributed by atoms with van der Waals surface area (Å²) in [5.74, 6) is 0.544. The van der Waals surface area contributed by atoms with Crippen LogP contribution in [-0.4, -0.2) is 55.5 Å². The molecule has 6 aromatic rings. The zero-order valence-electron chi connectivity index (χ0n) is 22.6. The van der Waals surface area contributed by atoms with E-state index in [1.54, 1.807) is 16.8 Å². The van der Waals surface area contributed by atoms with Gasteiger partial charge in [0, 0.05) is 6.54 Å². The van der Waals surface area contributed by atoms with Crippen molar-refractivity contribution in [1.82, 2.24) is 29.8 Å². The topological polar surface area (TPSA) is 115 Å². The van der Waals surface area contributed by atoms with Crippen molar-refractivity contribution in [3.63, 3.8) is 0 Å². The molecule has 2 atom stereocenters. The standard InChI is InChI=1S/C30H26N6O4S2/c1-18-34-36-16-21(31-30(36)42-18)28-33-26-22(11-5-12-23(26)40-28)39-17-20-10-6-14-35(20)29(38)25(19-8-3-2-4-9-19)32-27(37)24-13-7-15-41-24/h2-5,7-9,11-13,15-16,20,25H,6,10,14,17H2,1H3,(H,32,37)/t20-,25+/m0/s1. The summed E-state index contributed by atoms with van der Waals surface area (Å²) in [6, 6.07) is 17.5. The monoisotopic (exact) mass is 598 g/mol. The number of aryl methyl sites for hydroxylation is 1. The number of benzene rings is 2. The van der Waals surface area contributed by atoms with E-state index < -0.39 is 6.04 Å². The fourth-order valence-electron chi connectivity index (χ4n) is 5.25. The summed E-state index contributed by atoms with van der Waals surface area (Å²) in [7, 11) is 0. The van der Waals surface area contributed by atoms with Gasteiger partial charge in [0.15, 0.2) is 11.1 Å². The number of carbonyl (C=O) groups is 2. The van der Waals surface area contributed by atoms with E-state index >= 15 is 0 Å². The summed E-state index contributed by atoms with van der Waals surface area (Å²) in [4.78, 5) is 39.3. The molecule has 0 bridgehead atoms. The normalized spacial score (nSPS) is 15.8. The Labute approximate surface area is 248 Å². The molecule has 1 aliphatic heterocycles. The molecular weight excluding hydrogens is 573 g/mol. The fourth-order valence-corrected chi connectivity index (χ4v) is 6.60. The predicted octanol–water partition coefficient (Wildman–Crippen LogP) is 5.51. The lowest BCUT2D eigenvalue weighted by molar-refractivity contribution is -0.134. The summed E-state index contributed by atoms with van der Waals surface area (Å²) >= 11 is 2.84. The number of hydrogen-bond donors (Lipinski definition) is 1. The predicted molar refractivity (Wildman–Crippen MR) is 160 cm³/mol. The SMILES string of the molecule is Cc1nn2cc(-c3nc4c(OC[C@@H]5CCCN5C(=O)[C@H](NC(=O)c5cccs5)c5ccccc5)cccc4o3)nc2s1. The third kappa shape index (κ3) is 5.03. The summed E-state index contributed by atoms with van der Waals surface area (Å²) < 4.78 is 14.0. The van der Waals surface area contributed by atoms with Gasteiger partial charge in [-0.25, -0.2) is 14.5 Å². The van der Waals surface area contributed by atoms with Gasteiger partial charge in [0.1, 0.15) is 29.1 Å². The minimum absolute atomic E-state index is 0.150. The first kappa shape index (κ1) is 26.4. The summed E-state index contributed by atoms with van der Waals surface area (Å²) in [5, 5.41) is 10.1. The maximum Gasteiger partial charge on any atom is 0.262 e. The molecule has 2 amide bonds. The van der Waals surface area contributed by atoms with Gasteiger partial charge in [-0.3, -0.25) is 9.59 Å². The first-order chi connectivity index (χ1) is 20.5.